The smallest absolute Gasteiger partial charge is 0.352 e. The second-order valence-electron chi connectivity index (χ2n) is 4.09. The van der Waals surface area contributed by atoms with Crippen molar-refractivity contribution in [3.05, 3.63) is 45.0 Å². The summed E-state index contributed by atoms with van der Waals surface area (Å²) in [6.07, 6.45) is 0. The minimum atomic E-state index is -0.717. The van der Waals surface area contributed by atoms with Gasteiger partial charge in [0.1, 0.15) is 5.69 Å². The Morgan fingerprint density at radius 1 is 1.41 bits per heavy atom. The lowest BCUT2D eigenvalue weighted by atomic mass is 10.2. The first-order valence-electron chi connectivity index (χ1n) is 5.98. The van der Waals surface area contributed by atoms with Crippen molar-refractivity contribution in [2.45, 2.75) is 6.92 Å². The van der Waals surface area contributed by atoms with Gasteiger partial charge in [-0.2, -0.15) is 0 Å². The summed E-state index contributed by atoms with van der Waals surface area (Å²) in [5, 5.41) is 16.8. The number of nitrogens with zero attached hydrogens (tertiary/aromatic N) is 3. The van der Waals surface area contributed by atoms with Gasteiger partial charge in [-0.25, -0.2) is 4.79 Å². The maximum atomic E-state index is 11.7. The van der Waals surface area contributed by atoms with Gasteiger partial charge in [0.25, 0.3) is 11.6 Å². The number of anilines is 1. The van der Waals surface area contributed by atoms with Crippen LogP contribution in [-0.2, 0) is 9.53 Å². The van der Waals surface area contributed by atoms with Crippen molar-refractivity contribution < 1.29 is 19.2 Å². The van der Waals surface area contributed by atoms with Crippen LogP contribution in [-0.4, -0.2) is 33.0 Å². The predicted molar refractivity (Wildman–Crippen MR) is 76.7 cm³/mol. The van der Waals surface area contributed by atoms with Gasteiger partial charge in [-0.05, 0) is 24.5 Å². The lowest BCUT2D eigenvalue weighted by Crippen LogP contribution is -2.21. The molecule has 0 atom stereocenters. The number of nitrogens with one attached hydrogen (secondary N) is 1. The summed E-state index contributed by atoms with van der Waals surface area (Å²) in [6, 6.07) is 5.66. The van der Waals surface area contributed by atoms with Crippen LogP contribution in [0.3, 0.4) is 0 Å². The Kier molecular flexibility index (Phi) is 4.73. The standard InChI is InChI=1S/C12H10N4O5S/c1-7-11(22-15-14-7)12(18)21-6-10(17)13-8-4-2-3-5-9(8)16(19)20/h2-5H,6H2,1H3,(H,13,17). The Morgan fingerprint density at radius 2 is 2.14 bits per heavy atom. The highest BCUT2D eigenvalue weighted by atomic mass is 32.1. The van der Waals surface area contributed by atoms with Crippen LogP contribution < -0.4 is 5.32 Å². The number of rotatable bonds is 5. The zero-order valence-corrected chi connectivity index (χ0v) is 12.1. The van der Waals surface area contributed by atoms with E-state index in [-0.39, 0.29) is 16.3 Å². The number of aromatic nitrogens is 2. The molecule has 0 unspecified atom stereocenters. The number of carbonyl (C=O) groups is 2. The third-order valence-electron chi connectivity index (χ3n) is 2.55. The Bertz CT molecular complexity index is 730. The van der Waals surface area contributed by atoms with Crippen LogP contribution in [0.5, 0.6) is 0 Å². The monoisotopic (exact) mass is 322 g/mol. The highest BCUT2D eigenvalue weighted by Gasteiger charge is 2.18. The quantitative estimate of drug-likeness (QED) is 0.503. The van der Waals surface area contributed by atoms with Gasteiger partial charge >= 0.3 is 5.97 Å². The van der Waals surface area contributed by atoms with E-state index in [1.54, 1.807) is 13.0 Å². The lowest BCUT2D eigenvalue weighted by Gasteiger charge is -2.06. The zero-order chi connectivity index (χ0) is 16.1. The van der Waals surface area contributed by atoms with Crippen LogP contribution in [0.25, 0.3) is 0 Å². The molecule has 10 heteroatoms. The SMILES string of the molecule is Cc1nnsc1C(=O)OCC(=O)Nc1ccccc1[N+](=O)[O-]. The van der Waals surface area contributed by atoms with Crippen molar-refractivity contribution in [3.63, 3.8) is 0 Å². The lowest BCUT2D eigenvalue weighted by molar-refractivity contribution is -0.383. The summed E-state index contributed by atoms with van der Waals surface area (Å²) in [7, 11) is 0. The Labute approximate surface area is 128 Å². The van der Waals surface area contributed by atoms with E-state index in [0.29, 0.717) is 5.69 Å². The van der Waals surface area contributed by atoms with Gasteiger partial charge in [0.2, 0.25) is 0 Å². The number of hydrogen-bond donors (Lipinski definition) is 1. The van der Waals surface area contributed by atoms with Gasteiger partial charge in [0, 0.05) is 6.07 Å². The van der Waals surface area contributed by atoms with Crippen LogP contribution >= 0.6 is 11.5 Å². The van der Waals surface area contributed by atoms with Crippen LogP contribution in [0.4, 0.5) is 11.4 Å². The number of benzene rings is 1. The van der Waals surface area contributed by atoms with E-state index < -0.39 is 23.4 Å². The number of carbonyl (C=O) groups excluding carboxylic acids is 2. The molecule has 0 fully saturated rings. The number of para-hydroxylation sites is 2. The van der Waals surface area contributed by atoms with E-state index in [2.05, 4.69) is 14.9 Å². The fraction of sp³-hybridized carbons (Fsp3) is 0.167. The first kappa shape index (κ1) is 15.5. The molecule has 0 saturated carbocycles. The minimum absolute atomic E-state index is 0.0317. The Morgan fingerprint density at radius 3 is 2.77 bits per heavy atom. The van der Waals surface area contributed by atoms with Crippen molar-refractivity contribution in [2.75, 3.05) is 11.9 Å². The van der Waals surface area contributed by atoms with E-state index in [1.165, 1.54) is 18.2 Å². The number of nitro benzene ring substituents is 1. The molecular weight excluding hydrogens is 312 g/mol. The molecule has 22 heavy (non-hydrogen) atoms. The first-order valence-corrected chi connectivity index (χ1v) is 6.75. The summed E-state index contributed by atoms with van der Waals surface area (Å²) < 4.78 is 8.40. The largest absolute Gasteiger partial charge is 0.451 e. The van der Waals surface area contributed by atoms with Crippen LogP contribution in [0.2, 0.25) is 0 Å². The second kappa shape index (κ2) is 6.72. The third-order valence-corrected chi connectivity index (χ3v) is 3.35. The van der Waals surface area contributed by atoms with E-state index in [9.17, 15) is 19.7 Å². The normalized spacial score (nSPS) is 10.0. The van der Waals surface area contributed by atoms with Gasteiger partial charge in [0.05, 0.1) is 10.6 Å². The van der Waals surface area contributed by atoms with Crippen molar-refractivity contribution in [2.24, 2.45) is 0 Å². The molecule has 1 aromatic carbocycles. The fourth-order valence-electron chi connectivity index (χ4n) is 1.54. The summed E-state index contributed by atoms with van der Waals surface area (Å²) in [5.41, 5.74) is 0.197. The van der Waals surface area contributed by atoms with Gasteiger partial charge in [-0.3, -0.25) is 14.9 Å². The topological polar surface area (TPSA) is 124 Å². The number of aryl methyl sites for hydroxylation is 1. The summed E-state index contributed by atoms with van der Waals surface area (Å²) in [5.74, 6) is -1.40. The van der Waals surface area contributed by atoms with E-state index >= 15 is 0 Å². The zero-order valence-electron chi connectivity index (χ0n) is 11.3. The third kappa shape index (κ3) is 3.61. The molecular formula is C12H10N4O5S. The first-order chi connectivity index (χ1) is 10.5. The minimum Gasteiger partial charge on any atom is -0.451 e. The van der Waals surface area contributed by atoms with Gasteiger partial charge < -0.3 is 10.1 Å². The van der Waals surface area contributed by atoms with Crippen LogP contribution in [0.1, 0.15) is 15.4 Å². The van der Waals surface area contributed by atoms with Gasteiger partial charge in [0.15, 0.2) is 11.5 Å². The Hall–Kier alpha value is -2.88. The fourth-order valence-corrected chi connectivity index (χ4v) is 2.09. The van der Waals surface area contributed by atoms with E-state index in [1.807, 2.05) is 0 Å². The molecule has 0 spiro atoms. The highest BCUT2D eigenvalue weighted by Crippen LogP contribution is 2.23. The summed E-state index contributed by atoms with van der Waals surface area (Å²) >= 11 is 0.863. The summed E-state index contributed by atoms with van der Waals surface area (Å²) in [4.78, 5) is 33.8. The number of hydrogen-bond acceptors (Lipinski definition) is 8. The van der Waals surface area contributed by atoms with Gasteiger partial charge in [-0.1, -0.05) is 16.6 Å². The molecule has 1 heterocycles. The van der Waals surface area contributed by atoms with Crippen molar-refractivity contribution in [1.82, 2.24) is 9.59 Å². The predicted octanol–water partition coefficient (Wildman–Crippen LogP) is 1.55. The number of nitro groups is 1. The van der Waals surface area contributed by atoms with Gasteiger partial charge in [-0.15, -0.1) is 5.10 Å². The molecule has 2 rings (SSSR count). The van der Waals surface area contributed by atoms with E-state index in [0.717, 1.165) is 11.5 Å². The molecule has 1 aromatic heterocycles. The van der Waals surface area contributed by atoms with Crippen LogP contribution in [0.15, 0.2) is 24.3 Å². The van der Waals surface area contributed by atoms with Crippen LogP contribution in [0, 0.1) is 17.0 Å². The molecule has 0 aliphatic carbocycles. The average Bonchev–Trinajstić information content (AvgIpc) is 2.91. The molecule has 1 N–H and O–H groups in total. The second-order valence-corrected chi connectivity index (χ2v) is 4.84. The van der Waals surface area contributed by atoms with Crippen molar-refractivity contribution in [1.29, 1.82) is 0 Å². The number of amides is 1. The van der Waals surface area contributed by atoms with Crippen molar-refractivity contribution >= 4 is 34.8 Å². The molecule has 0 radical (unpaired) electrons. The number of ether oxygens (including phenoxy) is 1. The van der Waals surface area contributed by atoms with Crippen molar-refractivity contribution in [3.8, 4) is 0 Å². The molecule has 0 saturated heterocycles. The molecule has 2 aromatic rings. The van der Waals surface area contributed by atoms with E-state index in [4.69, 9.17) is 4.74 Å². The molecule has 0 bridgehead atoms. The summed E-state index contributed by atoms with van der Waals surface area (Å²) in [6.45, 7) is 1.02. The molecule has 0 aliphatic heterocycles. The maximum Gasteiger partial charge on any atom is 0.352 e. The number of esters is 1. The molecule has 114 valence electrons. The maximum absolute atomic E-state index is 11.7. The molecule has 0 aliphatic rings. The molecule has 9 nitrogen and oxygen atoms in total. The highest BCUT2D eigenvalue weighted by molar-refractivity contribution is 7.07. The molecule has 1 amide bonds. The Balaban J connectivity index is 1.95. The average molecular weight is 322 g/mol.